The molecule has 1 aromatic carbocycles. The zero-order valence-electron chi connectivity index (χ0n) is 9.61. The van der Waals surface area contributed by atoms with Crippen molar-refractivity contribution in [2.75, 3.05) is 11.4 Å². The molecule has 0 spiro atoms. The number of aromatic nitrogens is 4. The first-order chi connectivity index (χ1) is 8.27. The highest BCUT2D eigenvalue weighted by atomic mass is 16.3. The maximum Gasteiger partial charge on any atom is 0.270 e. The molecular weight excluding hydrogens is 218 g/mol. The number of aliphatic hydroxyl groups excluding tert-OH is 1. The fourth-order valence-electron chi connectivity index (χ4n) is 1.54. The summed E-state index contributed by atoms with van der Waals surface area (Å²) in [6, 6.07) is 9.79. The van der Waals surface area contributed by atoms with E-state index in [9.17, 15) is 5.11 Å². The fourth-order valence-corrected chi connectivity index (χ4v) is 1.54. The molecule has 0 saturated carbocycles. The number of hydrogen-bond acceptors (Lipinski definition) is 5. The molecule has 1 atom stereocenters. The van der Waals surface area contributed by atoms with Gasteiger partial charge in [-0.3, -0.25) is 0 Å². The second-order valence-electron chi connectivity index (χ2n) is 3.84. The lowest BCUT2D eigenvalue weighted by atomic mass is 10.2. The molecule has 2 rings (SSSR count). The molecule has 0 bridgehead atoms. The number of rotatable bonds is 5. The van der Waals surface area contributed by atoms with Crippen LogP contribution in [0.1, 0.15) is 13.3 Å². The van der Waals surface area contributed by atoms with Crippen molar-refractivity contribution in [3.8, 4) is 0 Å². The van der Waals surface area contributed by atoms with Crippen molar-refractivity contribution in [3.63, 3.8) is 0 Å². The van der Waals surface area contributed by atoms with E-state index in [2.05, 4.69) is 20.6 Å². The van der Waals surface area contributed by atoms with E-state index in [-0.39, 0.29) is 6.10 Å². The summed E-state index contributed by atoms with van der Waals surface area (Å²) >= 11 is 0. The van der Waals surface area contributed by atoms with Crippen molar-refractivity contribution in [2.45, 2.75) is 19.4 Å². The molecule has 0 aliphatic heterocycles. The van der Waals surface area contributed by atoms with Gasteiger partial charge in [-0.15, -0.1) is 5.10 Å². The molecule has 6 nitrogen and oxygen atoms in total. The van der Waals surface area contributed by atoms with Crippen LogP contribution in [0.2, 0.25) is 0 Å². The first-order valence-corrected chi connectivity index (χ1v) is 5.51. The van der Waals surface area contributed by atoms with Crippen LogP contribution in [0.15, 0.2) is 30.3 Å². The zero-order valence-corrected chi connectivity index (χ0v) is 9.61. The van der Waals surface area contributed by atoms with Gasteiger partial charge in [-0.25, -0.2) is 0 Å². The number of nitrogens with one attached hydrogen (secondary N) is 1. The predicted molar refractivity (Wildman–Crippen MR) is 63.9 cm³/mol. The molecular formula is C11H15N5O. The van der Waals surface area contributed by atoms with Crippen LogP contribution in [-0.2, 0) is 0 Å². The van der Waals surface area contributed by atoms with E-state index >= 15 is 0 Å². The summed E-state index contributed by atoms with van der Waals surface area (Å²) in [6.07, 6.45) is 0.289. The normalized spacial score (nSPS) is 12.4. The van der Waals surface area contributed by atoms with E-state index in [0.29, 0.717) is 18.9 Å². The van der Waals surface area contributed by atoms with Gasteiger partial charge in [0.1, 0.15) is 0 Å². The lowest BCUT2D eigenvalue weighted by Gasteiger charge is -2.21. The minimum atomic E-state index is -0.354. The van der Waals surface area contributed by atoms with Gasteiger partial charge in [0.15, 0.2) is 0 Å². The summed E-state index contributed by atoms with van der Waals surface area (Å²) in [4.78, 5) is 1.91. The number of benzene rings is 1. The summed E-state index contributed by atoms with van der Waals surface area (Å²) < 4.78 is 0. The third kappa shape index (κ3) is 3.01. The van der Waals surface area contributed by atoms with Crippen LogP contribution in [0.4, 0.5) is 11.6 Å². The molecule has 90 valence electrons. The molecule has 0 amide bonds. The first kappa shape index (κ1) is 11.5. The first-order valence-electron chi connectivity index (χ1n) is 5.51. The Balaban J connectivity index is 2.19. The molecule has 1 aromatic heterocycles. The van der Waals surface area contributed by atoms with Crippen molar-refractivity contribution in [1.82, 2.24) is 20.6 Å². The second-order valence-corrected chi connectivity index (χ2v) is 3.84. The van der Waals surface area contributed by atoms with Gasteiger partial charge in [-0.05, 0) is 30.7 Å². The average Bonchev–Trinajstić information content (AvgIpc) is 2.84. The minimum absolute atomic E-state index is 0.354. The van der Waals surface area contributed by atoms with Crippen molar-refractivity contribution < 1.29 is 5.11 Å². The number of nitrogens with zero attached hydrogens (tertiary/aromatic N) is 4. The maximum atomic E-state index is 9.35. The molecule has 0 aliphatic rings. The Kier molecular flexibility index (Phi) is 3.66. The van der Waals surface area contributed by atoms with Crippen molar-refractivity contribution in [1.29, 1.82) is 0 Å². The van der Waals surface area contributed by atoms with Crippen LogP contribution < -0.4 is 4.90 Å². The fraction of sp³-hybridized carbons (Fsp3) is 0.364. The lowest BCUT2D eigenvalue weighted by molar-refractivity contribution is 0.187. The van der Waals surface area contributed by atoms with E-state index in [0.717, 1.165) is 5.69 Å². The van der Waals surface area contributed by atoms with Gasteiger partial charge in [0, 0.05) is 12.2 Å². The average molecular weight is 233 g/mol. The highest BCUT2D eigenvalue weighted by molar-refractivity contribution is 5.56. The molecule has 0 saturated heterocycles. The Morgan fingerprint density at radius 1 is 1.35 bits per heavy atom. The lowest BCUT2D eigenvalue weighted by Crippen LogP contribution is -2.22. The Hall–Kier alpha value is -1.95. The highest BCUT2D eigenvalue weighted by Crippen LogP contribution is 2.20. The number of para-hydroxylation sites is 1. The maximum absolute atomic E-state index is 9.35. The molecule has 0 radical (unpaired) electrons. The van der Waals surface area contributed by atoms with Crippen LogP contribution in [0.25, 0.3) is 0 Å². The van der Waals surface area contributed by atoms with Crippen LogP contribution in [0.5, 0.6) is 0 Å². The number of H-pyrrole nitrogens is 1. The Bertz CT molecular complexity index is 428. The molecule has 2 N–H and O–H groups in total. The van der Waals surface area contributed by atoms with Gasteiger partial charge in [0.2, 0.25) is 0 Å². The number of hydrogen-bond donors (Lipinski definition) is 2. The molecule has 2 aromatic rings. The van der Waals surface area contributed by atoms with E-state index < -0.39 is 0 Å². The summed E-state index contributed by atoms with van der Waals surface area (Å²) in [6.45, 7) is 2.40. The van der Waals surface area contributed by atoms with E-state index in [4.69, 9.17) is 0 Å². The molecule has 6 heteroatoms. The van der Waals surface area contributed by atoms with Crippen molar-refractivity contribution in [2.24, 2.45) is 0 Å². The van der Waals surface area contributed by atoms with E-state index in [1.54, 1.807) is 6.92 Å². The number of aliphatic hydroxyl groups is 1. The third-order valence-corrected chi connectivity index (χ3v) is 2.41. The molecule has 1 heterocycles. The number of aromatic amines is 1. The van der Waals surface area contributed by atoms with Gasteiger partial charge in [-0.2, -0.15) is 5.21 Å². The Labute approximate surface area is 99.3 Å². The smallest absolute Gasteiger partial charge is 0.270 e. The summed E-state index contributed by atoms with van der Waals surface area (Å²) in [7, 11) is 0. The number of anilines is 2. The second kappa shape index (κ2) is 5.40. The van der Waals surface area contributed by atoms with Gasteiger partial charge in [-0.1, -0.05) is 23.3 Å². The number of tetrazole rings is 1. The van der Waals surface area contributed by atoms with Gasteiger partial charge < -0.3 is 10.0 Å². The minimum Gasteiger partial charge on any atom is -0.393 e. The Morgan fingerprint density at radius 2 is 2.12 bits per heavy atom. The molecule has 17 heavy (non-hydrogen) atoms. The Morgan fingerprint density at radius 3 is 2.71 bits per heavy atom. The summed E-state index contributed by atoms with van der Waals surface area (Å²) in [5.41, 5.74) is 0.981. The SMILES string of the molecule is CC(O)CCN(c1ccccc1)c1nn[nH]n1. The monoisotopic (exact) mass is 233 g/mol. The van der Waals surface area contributed by atoms with Crippen LogP contribution in [0.3, 0.4) is 0 Å². The van der Waals surface area contributed by atoms with Crippen LogP contribution >= 0.6 is 0 Å². The quantitative estimate of drug-likeness (QED) is 0.808. The van der Waals surface area contributed by atoms with Gasteiger partial charge in [0.05, 0.1) is 6.10 Å². The van der Waals surface area contributed by atoms with Gasteiger partial charge in [0.25, 0.3) is 5.95 Å². The molecule has 0 fully saturated rings. The third-order valence-electron chi connectivity index (χ3n) is 2.41. The largest absolute Gasteiger partial charge is 0.393 e. The summed E-state index contributed by atoms with van der Waals surface area (Å²) in [5, 5.41) is 23.3. The summed E-state index contributed by atoms with van der Waals surface area (Å²) in [5.74, 6) is 0.511. The topological polar surface area (TPSA) is 77.9 Å². The molecule has 1 unspecified atom stereocenters. The van der Waals surface area contributed by atoms with Crippen molar-refractivity contribution >= 4 is 11.6 Å². The van der Waals surface area contributed by atoms with Crippen LogP contribution in [-0.4, -0.2) is 38.4 Å². The standard InChI is InChI=1S/C11H15N5O/c1-9(17)7-8-16(11-12-14-15-13-11)10-5-3-2-4-6-10/h2-6,9,17H,7-8H2,1H3,(H,12,13,14,15). The predicted octanol–water partition coefficient (Wildman–Crippen LogP) is 1.11. The van der Waals surface area contributed by atoms with Crippen molar-refractivity contribution in [3.05, 3.63) is 30.3 Å². The van der Waals surface area contributed by atoms with Gasteiger partial charge >= 0.3 is 0 Å². The highest BCUT2D eigenvalue weighted by Gasteiger charge is 2.13. The van der Waals surface area contributed by atoms with E-state index in [1.165, 1.54) is 0 Å². The zero-order chi connectivity index (χ0) is 12.1. The van der Waals surface area contributed by atoms with E-state index in [1.807, 2.05) is 35.2 Å². The van der Waals surface area contributed by atoms with Crippen LogP contribution in [0, 0.1) is 0 Å². The molecule has 0 aliphatic carbocycles.